The molecule has 0 saturated heterocycles. The standard InChI is InChI=1S/C13H25NO3/c1-4-6-12(15)10(2)9-11(3)14-8-5-7-13(16)17/h10-11,14H,4-9H2,1-3H3,(H,16,17)/t10-,11?/m1/s1. The van der Waals surface area contributed by atoms with Gasteiger partial charge in [-0.05, 0) is 32.7 Å². The second-order valence-electron chi connectivity index (χ2n) is 4.71. The highest BCUT2D eigenvalue weighted by Crippen LogP contribution is 2.10. The van der Waals surface area contributed by atoms with E-state index in [9.17, 15) is 9.59 Å². The number of carboxylic acids is 1. The topological polar surface area (TPSA) is 66.4 Å². The Morgan fingerprint density at radius 1 is 1.24 bits per heavy atom. The third kappa shape index (κ3) is 8.86. The van der Waals surface area contributed by atoms with Crippen LogP contribution in [0.1, 0.15) is 52.9 Å². The Kier molecular flexibility index (Phi) is 8.68. The van der Waals surface area contributed by atoms with Crippen molar-refractivity contribution in [3.63, 3.8) is 0 Å². The van der Waals surface area contributed by atoms with Crippen molar-refractivity contribution in [1.82, 2.24) is 5.32 Å². The van der Waals surface area contributed by atoms with E-state index in [4.69, 9.17) is 5.11 Å². The number of carbonyl (C=O) groups is 2. The van der Waals surface area contributed by atoms with Crippen molar-refractivity contribution in [2.45, 2.75) is 58.9 Å². The van der Waals surface area contributed by atoms with Gasteiger partial charge in [0.15, 0.2) is 0 Å². The first-order valence-corrected chi connectivity index (χ1v) is 6.45. The van der Waals surface area contributed by atoms with Crippen LogP contribution < -0.4 is 5.32 Å². The Bertz CT molecular complexity index is 241. The zero-order chi connectivity index (χ0) is 13.3. The lowest BCUT2D eigenvalue weighted by atomic mass is 9.95. The lowest BCUT2D eigenvalue weighted by Crippen LogP contribution is -2.30. The van der Waals surface area contributed by atoms with Crippen LogP contribution in [0.4, 0.5) is 0 Å². The summed E-state index contributed by atoms with van der Waals surface area (Å²) >= 11 is 0. The fourth-order valence-corrected chi connectivity index (χ4v) is 1.83. The van der Waals surface area contributed by atoms with Gasteiger partial charge in [0.2, 0.25) is 0 Å². The van der Waals surface area contributed by atoms with Gasteiger partial charge in [0.1, 0.15) is 5.78 Å². The van der Waals surface area contributed by atoms with Crippen LogP contribution in [0, 0.1) is 5.92 Å². The number of carbonyl (C=O) groups excluding carboxylic acids is 1. The fraction of sp³-hybridized carbons (Fsp3) is 0.846. The fourth-order valence-electron chi connectivity index (χ4n) is 1.83. The smallest absolute Gasteiger partial charge is 0.303 e. The molecule has 0 aliphatic heterocycles. The molecule has 100 valence electrons. The number of ketones is 1. The normalized spacial score (nSPS) is 14.3. The predicted molar refractivity (Wildman–Crippen MR) is 68.0 cm³/mol. The molecule has 0 aromatic heterocycles. The van der Waals surface area contributed by atoms with Crippen LogP contribution in [-0.4, -0.2) is 29.4 Å². The van der Waals surface area contributed by atoms with Crippen molar-refractivity contribution in [3.8, 4) is 0 Å². The van der Waals surface area contributed by atoms with Gasteiger partial charge in [-0.2, -0.15) is 0 Å². The molecule has 0 amide bonds. The third-order valence-corrected chi connectivity index (χ3v) is 2.81. The summed E-state index contributed by atoms with van der Waals surface area (Å²) in [5, 5.41) is 11.7. The molecule has 2 N–H and O–H groups in total. The molecule has 0 fully saturated rings. The summed E-state index contributed by atoms with van der Waals surface area (Å²) in [6.07, 6.45) is 3.23. The zero-order valence-electron chi connectivity index (χ0n) is 11.2. The van der Waals surface area contributed by atoms with E-state index in [0.29, 0.717) is 25.2 Å². The summed E-state index contributed by atoms with van der Waals surface area (Å²) < 4.78 is 0. The van der Waals surface area contributed by atoms with Crippen LogP contribution in [0.25, 0.3) is 0 Å². The molecule has 0 bridgehead atoms. The molecule has 0 rings (SSSR count). The third-order valence-electron chi connectivity index (χ3n) is 2.81. The van der Waals surface area contributed by atoms with Gasteiger partial charge in [0.05, 0.1) is 0 Å². The van der Waals surface area contributed by atoms with E-state index in [1.807, 2.05) is 20.8 Å². The van der Waals surface area contributed by atoms with Gasteiger partial charge < -0.3 is 10.4 Å². The van der Waals surface area contributed by atoms with Gasteiger partial charge in [-0.15, -0.1) is 0 Å². The van der Waals surface area contributed by atoms with Crippen LogP contribution in [0.15, 0.2) is 0 Å². The minimum absolute atomic E-state index is 0.0944. The lowest BCUT2D eigenvalue weighted by Gasteiger charge is -2.17. The van der Waals surface area contributed by atoms with Crippen LogP contribution >= 0.6 is 0 Å². The van der Waals surface area contributed by atoms with Crippen molar-refractivity contribution in [2.24, 2.45) is 5.92 Å². The van der Waals surface area contributed by atoms with Gasteiger partial charge in [-0.3, -0.25) is 9.59 Å². The molecule has 0 spiro atoms. The first-order valence-electron chi connectivity index (χ1n) is 6.45. The summed E-state index contributed by atoms with van der Waals surface area (Å²) in [5.74, 6) is -0.338. The largest absolute Gasteiger partial charge is 0.481 e. The molecule has 1 unspecified atom stereocenters. The number of aliphatic carboxylic acids is 1. The second kappa shape index (κ2) is 9.16. The number of carboxylic acid groups (broad SMARTS) is 1. The maximum absolute atomic E-state index is 11.6. The number of nitrogens with one attached hydrogen (secondary N) is 1. The Labute approximate surface area is 104 Å². The Morgan fingerprint density at radius 2 is 1.88 bits per heavy atom. The van der Waals surface area contributed by atoms with Gasteiger partial charge in [0.25, 0.3) is 0 Å². The molecule has 0 aromatic carbocycles. The molecule has 0 aromatic rings. The van der Waals surface area contributed by atoms with Gasteiger partial charge >= 0.3 is 5.97 Å². The first kappa shape index (κ1) is 16.1. The van der Waals surface area contributed by atoms with E-state index in [0.717, 1.165) is 12.8 Å². The van der Waals surface area contributed by atoms with E-state index in [1.54, 1.807) is 0 Å². The zero-order valence-corrected chi connectivity index (χ0v) is 11.2. The molecule has 0 saturated carbocycles. The van der Waals surface area contributed by atoms with Crippen molar-refractivity contribution >= 4 is 11.8 Å². The summed E-state index contributed by atoms with van der Waals surface area (Å²) in [6, 6.07) is 0.264. The molecule has 4 nitrogen and oxygen atoms in total. The van der Waals surface area contributed by atoms with Crippen molar-refractivity contribution in [1.29, 1.82) is 0 Å². The first-order chi connectivity index (χ1) is 7.97. The van der Waals surface area contributed by atoms with Crippen LogP contribution in [0.2, 0.25) is 0 Å². The van der Waals surface area contributed by atoms with E-state index in [1.165, 1.54) is 0 Å². The second-order valence-corrected chi connectivity index (χ2v) is 4.71. The predicted octanol–water partition coefficient (Wildman–Crippen LogP) is 2.22. The molecule has 0 aliphatic carbocycles. The quantitative estimate of drug-likeness (QED) is 0.577. The summed E-state index contributed by atoms with van der Waals surface area (Å²) in [4.78, 5) is 21.9. The molecule has 2 atom stereocenters. The van der Waals surface area contributed by atoms with E-state index in [-0.39, 0.29) is 18.4 Å². The number of hydrogen-bond donors (Lipinski definition) is 2. The Balaban J connectivity index is 3.66. The van der Waals surface area contributed by atoms with Crippen molar-refractivity contribution in [2.75, 3.05) is 6.54 Å². The van der Waals surface area contributed by atoms with E-state index >= 15 is 0 Å². The van der Waals surface area contributed by atoms with Crippen molar-refractivity contribution in [3.05, 3.63) is 0 Å². The minimum Gasteiger partial charge on any atom is -0.481 e. The maximum Gasteiger partial charge on any atom is 0.303 e. The van der Waals surface area contributed by atoms with Gasteiger partial charge in [-0.1, -0.05) is 13.8 Å². The number of hydrogen-bond acceptors (Lipinski definition) is 3. The van der Waals surface area contributed by atoms with Crippen molar-refractivity contribution < 1.29 is 14.7 Å². The van der Waals surface area contributed by atoms with Crippen LogP contribution in [0.3, 0.4) is 0 Å². The Morgan fingerprint density at radius 3 is 2.41 bits per heavy atom. The molecule has 0 heterocycles. The highest BCUT2D eigenvalue weighted by Gasteiger charge is 2.14. The maximum atomic E-state index is 11.6. The molecule has 4 heteroatoms. The Hall–Kier alpha value is -0.900. The van der Waals surface area contributed by atoms with E-state index in [2.05, 4.69) is 5.32 Å². The number of Topliss-reactive ketones (excluding diaryl/α,β-unsaturated/α-hetero) is 1. The van der Waals surface area contributed by atoms with Crippen LogP contribution in [0.5, 0.6) is 0 Å². The molecule has 0 aliphatic rings. The summed E-state index contributed by atoms with van der Waals surface area (Å²) in [7, 11) is 0. The highest BCUT2D eigenvalue weighted by atomic mass is 16.4. The van der Waals surface area contributed by atoms with Crippen LogP contribution in [-0.2, 0) is 9.59 Å². The average molecular weight is 243 g/mol. The SMILES string of the molecule is CCCC(=O)[C@H](C)CC(C)NCCCC(=O)O. The average Bonchev–Trinajstić information content (AvgIpc) is 2.24. The molecule has 17 heavy (non-hydrogen) atoms. The lowest BCUT2D eigenvalue weighted by molar-refractivity contribution is -0.137. The summed E-state index contributed by atoms with van der Waals surface area (Å²) in [5.41, 5.74) is 0. The van der Waals surface area contributed by atoms with E-state index < -0.39 is 5.97 Å². The molecule has 0 radical (unpaired) electrons. The van der Waals surface area contributed by atoms with Gasteiger partial charge in [-0.25, -0.2) is 0 Å². The monoisotopic (exact) mass is 243 g/mol. The van der Waals surface area contributed by atoms with Gasteiger partial charge in [0, 0.05) is 24.8 Å². The number of rotatable bonds is 10. The highest BCUT2D eigenvalue weighted by molar-refractivity contribution is 5.80. The minimum atomic E-state index is -0.758. The molecular formula is C13H25NO3. The summed E-state index contributed by atoms with van der Waals surface area (Å²) in [6.45, 7) is 6.71. The molecular weight excluding hydrogens is 218 g/mol.